The lowest BCUT2D eigenvalue weighted by atomic mass is 10.2. The summed E-state index contributed by atoms with van der Waals surface area (Å²) in [6.45, 7) is -0.566. The maximum Gasteiger partial charge on any atom is 0.392 e. The van der Waals surface area contributed by atoms with Crippen molar-refractivity contribution in [1.82, 2.24) is 30.1 Å². The summed E-state index contributed by atoms with van der Waals surface area (Å²) in [5.74, 6) is -0.0280. The van der Waals surface area contributed by atoms with E-state index in [9.17, 15) is 18.0 Å². The zero-order valence-corrected chi connectivity index (χ0v) is 15.2. The van der Waals surface area contributed by atoms with Crippen LogP contribution >= 0.6 is 0 Å². The molecule has 0 aliphatic carbocycles. The van der Waals surface area contributed by atoms with Crippen LogP contribution in [0.4, 0.5) is 19.0 Å². The molecule has 4 aromatic heterocycles. The standard InChI is InChI=1S/C18H14F3N7O2/c19-18(20,21)2-4-30-17-22-3-1-12(27-17)14-5-10-7-23-15(6-13(10)26-14)28-16(29)11-8-24-25-9-11/h1,3,5-9,26H,2,4H2,(H,24,25)(H,23,28,29). The minimum atomic E-state index is -4.31. The fraction of sp³-hybridized carbons (Fsp3) is 0.167. The van der Waals surface area contributed by atoms with Crippen LogP contribution in [0.15, 0.2) is 43.0 Å². The van der Waals surface area contributed by atoms with Crippen molar-refractivity contribution in [3.63, 3.8) is 0 Å². The van der Waals surface area contributed by atoms with E-state index in [2.05, 4.69) is 35.5 Å². The topological polar surface area (TPSA) is 121 Å². The van der Waals surface area contributed by atoms with Gasteiger partial charge in [-0.3, -0.25) is 9.89 Å². The molecule has 0 spiro atoms. The van der Waals surface area contributed by atoms with E-state index in [1.54, 1.807) is 24.4 Å². The highest BCUT2D eigenvalue weighted by atomic mass is 19.4. The molecule has 0 saturated carbocycles. The first kappa shape index (κ1) is 19.4. The number of alkyl halides is 3. The molecule has 4 aromatic rings. The van der Waals surface area contributed by atoms with Crippen LogP contribution in [0.2, 0.25) is 0 Å². The quantitative estimate of drug-likeness (QED) is 0.442. The Labute approximate surface area is 166 Å². The number of fused-ring (bicyclic) bond motifs is 1. The highest BCUT2D eigenvalue weighted by Gasteiger charge is 2.27. The molecule has 9 nitrogen and oxygen atoms in total. The molecule has 0 aliphatic heterocycles. The third kappa shape index (κ3) is 4.54. The SMILES string of the molecule is O=C(Nc1cc2[nH]c(-c3ccnc(OCCC(F)(F)F)n3)cc2cn1)c1cn[nH]c1. The fourth-order valence-electron chi connectivity index (χ4n) is 2.61. The van der Waals surface area contributed by atoms with E-state index >= 15 is 0 Å². The fourth-order valence-corrected chi connectivity index (χ4v) is 2.61. The van der Waals surface area contributed by atoms with Crippen LogP contribution in [-0.2, 0) is 0 Å². The molecular weight excluding hydrogens is 403 g/mol. The predicted octanol–water partition coefficient (Wildman–Crippen LogP) is 3.33. The number of nitrogens with one attached hydrogen (secondary N) is 3. The molecule has 30 heavy (non-hydrogen) atoms. The summed E-state index contributed by atoms with van der Waals surface area (Å²) < 4.78 is 41.7. The summed E-state index contributed by atoms with van der Waals surface area (Å²) in [6.07, 6.45) is 0.417. The van der Waals surface area contributed by atoms with E-state index < -0.39 is 19.2 Å². The van der Waals surface area contributed by atoms with Crippen molar-refractivity contribution in [2.24, 2.45) is 0 Å². The molecule has 4 heterocycles. The Hall–Kier alpha value is -3.96. The molecule has 0 radical (unpaired) electrons. The van der Waals surface area contributed by atoms with Gasteiger partial charge in [0.1, 0.15) is 12.4 Å². The molecule has 0 bridgehead atoms. The second kappa shape index (κ2) is 7.81. The molecular formula is C18H14F3N7O2. The predicted molar refractivity (Wildman–Crippen MR) is 99.8 cm³/mol. The van der Waals surface area contributed by atoms with Gasteiger partial charge in [-0.15, -0.1) is 0 Å². The first-order valence-electron chi connectivity index (χ1n) is 8.69. The van der Waals surface area contributed by atoms with E-state index in [4.69, 9.17) is 4.74 Å². The minimum absolute atomic E-state index is 0.151. The molecule has 0 saturated heterocycles. The van der Waals surface area contributed by atoms with Gasteiger partial charge < -0.3 is 15.0 Å². The van der Waals surface area contributed by atoms with Gasteiger partial charge in [0.2, 0.25) is 0 Å². The summed E-state index contributed by atoms with van der Waals surface area (Å²) >= 11 is 0. The number of aromatic amines is 2. The number of carbonyl (C=O) groups is 1. The molecule has 1 amide bonds. The number of aromatic nitrogens is 6. The van der Waals surface area contributed by atoms with Crippen molar-refractivity contribution in [3.05, 3.63) is 48.5 Å². The van der Waals surface area contributed by atoms with Crippen LogP contribution in [0.1, 0.15) is 16.8 Å². The van der Waals surface area contributed by atoms with Gasteiger partial charge >= 0.3 is 12.2 Å². The second-order valence-corrected chi connectivity index (χ2v) is 6.22. The Bertz CT molecular complexity index is 1170. The lowest BCUT2D eigenvalue weighted by Crippen LogP contribution is -2.13. The number of carbonyl (C=O) groups excluding carboxylic acids is 1. The van der Waals surface area contributed by atoms with E-state index in [0.29, 0.717) is 28.3 Å². The lowest BCUT2D eigenvalue weighted by molar-refractivity contribution is -0.139. The maximum atomic E-state index is 12.2. The number of nitrogens with zero attached hydrogens (tertiary/aromatic N) is 4. The van der Waals surface area contributed by atoms with Crippen LogP contribution in [-0.4, -0.2) is 48.8 Å². The zero-order valence-electron chi connectivity index (χ0n) is 15.2. The number of halogens is 3. The van der Waals surface area contributed by atoms with Gasteiger partial charge in [-0.1, -0.05) is 0 Å². The van der Waals surface area contributed by atoms with Gasteiger partial charge in [0.15, 0.2) is 0 Å². The first-order valence-corrected chi connectivity index (χ1v) is 8.69. The summed E-state index contributed by atoms with van der Waals surface area (Å²) in [5, 5.41) is 9.69. The van der Waals surface area contributed by atoms with Crippen molar-refractivity contribution in [1.29, 1.82) is 0 Å². The Morgan fingerprint density at radius 1 is 1.20 bits per heavy atom. The molecule has 0 aromatic carbocycles. The largest absolute Gasteiger partial charge is 0.463 e. The first-order chi connectivity index (χ1) is 14.4. The summed E-state index contributed by atoms with van der Waals surface area (Å²) in [6, 6.07) is 4.86. The summed E-state index contributed by atoms with van der Waals surface area (Å²) in [7, 11) is 0. The third-order valence-corrected chi connectivity index (χ3v) is 4.03. The molecule has 0 atom stereocenters. The van der Waals surface area contributed by atoms with Gasteiger partial charge in [-0.2, -0.15) is 23.3 Å². The lowest BCUT2D eigenvalue weighted by Gasteiger charge is -2.07. The van der Waals surface area contributed by atoms with Crippen molar-refractivity contribution in [2.75, 3.05) is 11.9 Å². The highest BCUT2D eigenvalue weighted by molar-refractivity contribution is 6.04. The molecule has 0 aliphatic rings. The molecule has 0 fully saturated rings. The number of hydrogen-bond acceptors (Lipinski definition) is 6. The zero-order chi connectivity index (χ0) is 21.1. The average Bonchev–Trinajstić information content (AvgIpc) is 3.37. The van der Waals surface area contributed by atoms with Gasteiger partial charge in [0, 0.05) is 30.0 Å². The normalized spacial score (nSPS) is 11.6. The Morgan fingerprint density at radius 3 is 2.83 bits per heavy atom. The van der Waals surface area contributed by atoms with Crippen molar-refractivity contribution in [2.45, 2.75) is 12.6 Å². The molecule has 12 heteroatoms. The van der Waals surface area contributed by atoms with Crippen LogP contribution in [0.3, 0.4) is 0 Å². The number of rotatable bonds is 6. The monoisotopic (exact) mass is 417 g/mol. The van der Waals surface area contributed by atoms with E-state index in [1.807, 2.05) is 0 Å². The van der Waals surface area contributed by atoms with Crippen LogP contribution in [0, 0.1) is 0 Å². The van der Waals surface area contributed by atoms with Gasteiger partial charge in [0.25, 0.3) is 5.91 Å². The second-order valence-electron chi connectivity index (χ2n) is 6.22. The van der Waals surface area contributed by atoms with Gasteiger partial charge in [-0.05, 0) is 12.1 Å². The number of pyridine rings is 1. The van der Waals surface area contributed by atoms with E-state index in [1.165, 1.54) is 18.6 Å². The van der Waals surface area contributed by atoms with E-state index in [-0.39, 0.29) is 11.9 Å². The van der Waals surface area contributed by atoms with Crippen molar-refractivity contribution < 1.29 is 22.7 Å². The van der Waals surface area contributed by atoms with Crippen molar-refractivity contribution >= 4 is 22.6 Å². The van der Waals surface area contributed by atoms with Crippen molar-refractivity contribution in [3.8, 4) is 17.4 Å². The maximum absolute atomic E-state index is 12.2. The van der Waals surface area contributed by atoms with Crippen LogP contribution in [0.5, 0.6) is 6.01 Å². The van der Waals surface area contributed by atoms with Gasteiger partial charge in [-0.25, -0.2) is 9.97 Å². The van der Waals surface area contributed by atoms with Crippen LogP contribution in [0.25, 0.3) is 22.3 Å². The summed E-state index contributed by atoms with van der Waals surface area (Å²) in [4.78, 5) is 27.4. The Kier molecular flexibility index (Phi) is 5.04. The number of amides is 1. The number of anilines is 1. The Balaban J connectivity index is 1.51. The molecule has 154 valence electrons. The van der Waals surface area contributed by atoms with E-state index in [0.717, 1.165) is 5.39 Å². The Morgan fingerprint density at radius 2 is 2.07 bits per heavy atom. The molecule has 4 rings (SSSR count). The minimum Gasteiger partial charge on any atom is -0.463 e. The van der Waals surface area contributed by atoms with Gasteiger partial charge in [0.05, 0.1) is 35.1 Å². The van der Waals surface area contributed by atoms with Crippen LogP contribution < -0.4 is 10.1 Å². The molecule has 0 unspecified atom stereocenters. The average molecular weight is 417 g/mol. The number of hydrogen-bond donors (Lipinski definition) is 3. The molecule has 3 N–H and O–H groups in total. The number of ether oxygens (including phenoxy) is 1. The number of H-pyrrole nitrogens is 2. The highest BCUT2D eigenvalue weighted by Crippen LogP contribution is 2.25. The third-order valence-electron chi connectivity index (χ3n) is 4.03. The summed E-state index contributed by atoms with van der Waals surface area (Å²) in [5.41, 5.74) is 2.07. The smallest absolute Gasteiger partial charge is 0.392 e.